The molecule has 0 aromatic heterocycles. The topological polar surface area (TPSA) is 93.7 Å². The molecule has 0 aliphatic heterocycles. The molecule has 7 nitrogen and oxygen atoms in total. The van der Waals surface area contributed by atoms with Gasteiger partial charge in [-0.25, -0.2) is 9.59 Å². The summed E-state index contributed by atoms with van der Waals surface area (Å²) in [6.45, 7) is 9.47. The molecule has 2 N–H and O–H groups in total. The molecule has 0 heterocycles. The highest BCUT2D eigenvalue weighted by atomic mass is 16.6. The summed E-state index contributed by atoms with van der Waals surface area (Å²) in [6.07, 6.45) is 0.763. The minimum Gasteiger partial charge on any atom is -0.459 e. The van der Waals surface area contributed by atoms with E-state index in [0.29, 0.717) is 19.3 Å². The van der Waals surface area contributed by atoms with E-state index in [1.807, 2.05) is 74.5 Å². The lowest BCUT2D eigenvalue weighted by molar-refractivity contribution is -0.151. The fourth-order valence-corrected chi connectivity index (χ4v) is 4.36. The normalized spacial score (nSPS) is 19.8. The molecule has 0 spiro atoms. The van der Waals surface area contributed by atoms with Crippen molar-refractivity contribution < 1.29 is 23.9 Å². The number of aryl methyl sites for hydroxylation is 1. The Hall–Kier alpha value is -3.35. The lowest BCUT2D eigenvalue weighted by atomic mass is 10.0. The van der Waals surface area contributed by atoms with Crippen molar-refractivity contribution in [3.05, 3.63) is 71.8 Å². The largest absolute Gasteiger partial charge is 0.459 e. The first kappa shape index (κ1) is 27.2. The van der Waals surface area contributed by atoms with Gasteiger partial charge in [0.15, 0.2) is 0 Å². The molecule has 0 bridgehead atoms. The molecule has 0 radical (unpaired) electrons. The van der Waals surface area contributed by atoms with Crippen molar-refractivity contribution >= 4 is 18.0 Å². The molecule has 1 aliphatic carbocycles. The van der Waals surface area contributed by atoms with Crippen molar-refractivity contribution in [1.29, 1.82) is 0 Å². The summed E-state index contributed by atoms with van der Waals surface area (Å²) >= 11 is 0. The smallest absolute Gasteiger partial charge is 0.408 e. The molecule has 2 unspecified atom stereocenters. The number of alkyl carbamates (subject to hydrolysis) is 1. The molecule has 1 fully saturated rings. The first-order valence-corrected chi connectivity index (χ1v) is 12.6. The number of amides is 2. The summed E-state index contributed by atoms with van der Waals surface area (Å²) in [5, 5.41) is 5.67. The number of nitrogens with one attached hydrogen (secondary N) is 2. The standard InChI is InChI=1S/C29H38N2O5/c1-20(2)23-18-29(23,26(33)35-19-22-14-10-7-11-15-22)31-25(32)24(30-27(34)36-28(3,4)5)17-16-21-12-8-6-9-13-21/h6-15,20,23-24H,16-19H2,1-5H3,(H,30,34)(H,31,32)/t23?,24-,29?/m0/s1. The Morgan fingerprint density at radius 1 is 0.972 bits per heavy atom. The fourth-order valence-electron chi connectivity index (χ4n) is 4.36. The monoisotopic (exact) mass is 494 g/mol. The van der Waals surface area contributed by atoms with E-state index in [-0.39, 0.29) is 18.4 Å². The molecule has 1 aliphatic rings. The quantitative estimate of drug-likeness (QED) is 0.464. The van der Waals surface area contributed by atoms with Crippen LogP contribution in [0.25, 0.3) is 0 Å². The van der Waals surface area contributed by atoms with Crippen molar-refractivity contribution in [1.82, 2.24) is 10.6 Å². The number of benzene rings is 2. The van der Waals surface area contributed by atoms with Gasteiger partial charge in [-0.15, -0.1) is 0 Å². The highest BCUT2D eigenvalue weighted by Crippen LogP contribution is 2.49. The second kappa shape index (κ2) is 11.6. The van der Waals surface area contributed by atoms with Gasteiger partial charge in [0, 0.05) is 0 Å². The van der Waals surface area contributed by atoms with Gasteiger partial charge in [0.2, 0.25) is 5.91 Å². The van der Waals surface area contributed by atoms with Gasteiger partial charge in [-0.1, -0.05) is 74.5 Å². The summed E-state index contributed by atoms with van der Waals surface area (Å²) in [7, 11) is 0. The summed E-state index contributed by atoms with van der Waals surface area (Å²) in [6, 6.07) is 18.3. The Labute approximate surface area is 213 Å². The second-order valence-electron chi connectivity index (χ2n) is 10.8. The zero-order valence-electron chi connectivity index (χ0n) is 21.9. The van der Waals surface area contributed by atoms with Crippen LogP contribution < -0.4 is 10.6 Å². The van der Waals surface area contributed by atoms with Gasteiger partial charge in [-0.2, -0.15) is 0 Å². The molecule has 0 saturated heterocycles. The predicted octanol–water partition coefficient (Wildman–Crippen LogP) is 4.79. The third-order valence-corrected chi connectivity index (χ3v) is 6.31. The Bertz CT molecular complexity index is 1030. The van der Waals surface area contributed by atoms with Crippen LogP contribution in [0.4, 0.5) is 4.79 Å². The summed E-state index contributed by atoms with van der Waals surface area (Å²) in [5.41, 5.74) is 0.124. The lowest BCUT2D eigenvalue weighted by Crippen LogP contribution is -2.55. The number of carbonyl (C=O) groups excluding carboxylic acids is 3. The van der Waals surface area contributed by atoms with Crippen LogP contribution in [-0.4, -0.2) is 35.2 Å². The SMILES string of the molecule is CC(C)C1CC1(NC(=O)[C@H](CCc1ccccc1)NC(=O)OC(C)(C)C)C(=O)OCc1ccccc1. The van der Waals surface area contributed by atoms with Gasteiger partial charge in [-0.3, -0.25) is 4.79 Å². The van der Waals surface area contributed by atoms with Crippen molar-refractivity contribution in [3.63, 3.8) is 0 Å². The highest BCUT2D eigenvalue weighted by molar-refractivity contribution is 5.94. The molecule has 3 atom stereocenters. The van der Waals surface area contributed by atoms with Crippen molar-refractivity contribution in [2.75, 3.05) is 0 Å². The van der Waals surface area contributed by atoms with Crippen molar-refractivity contribution in [2.24, 2.45) is 11.8 Å². The van der Waals surface area contributed by atoms with Gasteiger partial charge < -0.3 is 20.1 Å². The van der Waals surface area contributed by atoms with Crippen molar-refractivity contribution in [3.8, 4) is 0 Å². The fraction of sp³-hybridized carbons (Fsp3) is 0.483. The van der Waals surface area contributed by atoms with Crippen LogP contribution in [0.3, 0.4) is 0 Å². The molecule has 7 heteroatoms. The van der Waals surface area contributed by atoms with Gasteiger partial charge in [-0.05, 0) is 63.0 Å². The molecule has 2 aromatic carbocycles. The average molecular weight is 495 g/mol. The van der Waals surface area contributed by atoms with Crippen LogP contribution in [0.5, 0.6) is 0 Å². The molecular weight excluding hydrogens is 456 g/mol. The average Bonchev–Trinajstić information content (AvgIpc) is 3.56. The van der Waals surface area contributed by atoms with E-state index < -0.39 is 35.2 Å². The zero-order chi connectivity index (χ0) is 26.3. The van der Waals surface area contributed by atoms with Crippen LogP contribution in [0, 0.1) is 11.8 Å². The van der Waals surface area contributed by atoms with Crippen LogP contribution in [0.1, 0.15) is 58.6 Å². The number of carbonyl (C=O) groups is 3. The third-order valence-electron chi connectivity index (χ3n) is 6.31. The van der Waals surface area contributed by atoms with E-state index in [4.69, 9.17) is 9.47 Å². The van der Waals surface area contributed by atoms with E-state index in [1.165, 1.54) is 0 Å². The highest BCUT2D eigenvalue weighted by Gasteiger charge is 2.63. The van der Waals surface area contributed by atoms with Crippen molar-refractivity contribution in [2.45, 2.75) is 77.7 Å². The van der Waals surface area contributed by atoms with Gasteiger partial charge >= 0.3 is 12.1 Å². The number of rotatable bonds is 10. The van der Waals surface area contributed by atoms with E-state index in [9.17, 15) is 14.4 Å². The molecule has 3 rings (SSSR count). The maximum Gasteiger partial charge on any atom is 0.408 e. The van der Waals surface area contributed by atoms with Gasteiger partial charge in [0.1, 0.15) is 23.8 Å². The Kier molecular flexibility index (Phi) is 8.77. The molecule has 1 saturated carbocycles. The summed E-state index contributed by atoms with van der Waals surface area (Å²) < 4.78 is 11.0. The minimum atomic E-state index is -1.10. The van der Waals surface area contributed by atoms with E-state index in [1.54, 1.807) is 20.8 Å². The summed E-state index contributed by atoms with van der Waals surface area (Å²) in [5.74, 6) is -0.730. The maximum absolute atomic E-state index is 13.5. The first-order valence-electron chi connectivity index (χ1n) is 12.6. The predicted molar refractivity (Wildman–Crippen MR) is 138 cm³/mol. The lowest BCUT2D eigenvalue weighted by Gasteiger charge is -2.26. The molecule has 36 heavy (non-hydrogen) atoms. The van der Waals surface area contributed by atoms with Gasteiger partial charge in [0.05, 0.1) is 0 Å². The zero-order valence-corrected chi connectivity index (χ0v) is 21.9. The summed E-state index contributed by atoms with van der Waals surface area (Å²) in [4.78, 5) is 39.2. The van der Waals surface area contributed by atoms with Crippen LogP contribution in [0.2, 0.25) is 0 Å². The number of esters is 1. The Morgan fingerprint density at radius 2 is 1.56 bits per heavy atom. The van der Waals surface area contributed by atoms with Crippen LogP contribution in [-0.2, 0) is 32.1 Å². The molecule has 2 amide bonds. The van der Waals surface area contributed by atoms with E-state index in [2.05, 4.69) is 10.6 Å². The van der Waals surface area contributed by atoms with Crippen LogP contribution in [0.15, 0.2) is 60.7 Å². The maximum atomic E-state index is 13.5. The third kappa shape index (κ3) is 7.57. The van der Waals surface area contributed by atoms with E-state index >= 15 is 0 Å². The first-order chi connectivity index (χ1) is 17.0. The van der Waals surface area contributed by atoms with Crippen LogP contribution >= 0.6 is 0 Å². The molecular formula is C29H38N2O5. The number of hydrogen-bond donors (Lipinski definition) is 2. The van der Waals surface area contributed by atoms with Gasteiger partial charge in [0.25, 0.3) is 0 Å². The molecule has 194 valence electrons. The Morgan fingerprint density at radius 3 is 2.08 bits per heavy atom. The molecule has 2 aromatic rings. The number of ether oxygens (including phenoxy) is 2. The van der Waals surface area contributed by atoms with E-state index in [0.717, 1.165) is 11.1 Å². The second-order valence-corrected chi connectivity index (χ2v) is 10.8. The minimum absolute atomic E-state index is 0.0407. The number of hydrogen-bond acceptors (Lipinski definition) is 5. The Balaban J connectivity index is 1.73.